The van der Waals surface area contributed by atoms with Crippen molar-refractivity contribution in [3.63, 3.8) is 0 Å². The van der Waals surface area contributed by atoms with Gasteiger partial charge in [0.2, 0.25) is 6.29 Å². The molecule has 9 heteroatoms. The van der Waals surface area contributed by atoms with Crippen LogP contribution >= 0.6 is 15.9 Å². The average Bonchev–Trinajstić information content (AvgIpc) is 3.06. The second-order valence-electron chi connectivity index (χ2n) is 11.3. The maximum absolute atomic E-state index is 12.4. The third-order valence-corrected chi connectivity index (χ3v) is 8.92. The van der Waals surface area contributed by atoms with Gasteiger partial charge in [-0.25, -0.2) is 14.4 Å². The van der Waals surface area contributed by atoms with Gasteiger partial charge in [-0.3, -0.25) is 0 Å². The summed E-state index contributed by atoms with van der Waals surface area (Å²) in [6.45, 7) is 9.31. The number of benzene rings is 3. The van der Waals surface area contributed by atoms with E-state index in [-0.39, 0.29) is 34.8 Å². The van der Waals surface area contributed by atoms with Crippen LogP contribution in [0.15, 0.2) is 91.0 Å². The van der Waals surface area contributed by atoms with E-state index in [4.69, 9.17) is 23.7 Å². The van der Waals surface area contributed by atoms with E-state index in [9.17, 15) is 14.4 Å². The standard InChI is InChI=1S/C21H22O5.C14H17BrO3/c1-14-13-24-21(26-20(23)17-11-7-4-8-12-17)18(15(14)2)25-19(22)16-9-5-3-6-10-16;1-9-8-17-13(15)12(10(9)2)18-14(16)11-6-4-3-5-7-11/h3-12,14-15,18,21H,13H2,1-2H3;3-7,9-10,12-13H,8H2,1-2H3/t14-,15-,18?,21-;9-,10-,12?,13+/m00/s1. The Kier molecular flexibility index (Phi) is 12.1. The lowest BCUT2D eigenvalue weighted by Crippen LogP contribution is -2.48. The summed E-state index contributed by atoms with van der Waals surface area (Å²) >= 11 is 3.42. The summed E-state index contributed by atoms with van der Waals surface area (Å²) in [5.41, 5.74) is 1.45. The van der Waals surface area contributed by atoms with Gasteiger partial charge in [0.1, 0.15) is 11.1 Å². The molecule has 44 heavy (non-hydrogen) atoms. The SMILES string of the molecule is C[C@@H]1C(OC(=O)c2ccccc2)[C@H](Br)OC[C@@H]1C.C[C@@H]1C(OC(=O)c2ccccc2)[C@H](OC(=O)c2ccccc2)OC[C@@H]1C. The normalized spacial score (nSPS) is 28.0. The molecule has 2 unspecified atom stereocenters. The van der Waals surface area contributed by atoms with Crippen LogP contribution in [0.25, 0.3) is 0 Å². The first kappa shape index (κ1) is 33.4. The van der Waals surface area contributed by atoms with Gasteiger partial charge in [-0.05, 0) is 48.2 Å². The Morgan fingerprint density at radius 3 is 1.39 bits per heavy atom. The molecule has 2 heterocycles. The Hall–Kier alpha value is -3.53. The molecule has 234 valence electrons. The van der Waals surface area contributed by atoms with Crippen molar-refractivity contribution in [2.45, 2.75) is 51.2 Å². The van der Waals surface area contributed by atoms with Crippen LogP contribution in [-0.2, 0) is 23.7 Å². The molecule has 0 aliphatic carbocycles. The summed E-state index contributed by atoms with van der Waals surface area (Å²) in [7, 11) is 0. The molecule has 2 aliphatic heterocycles. The van der Waals surface area contributed by atoms with Crippen LogP contribution < -0.4 is 0 Å². The summed E-state index contributed by atoms with van der Waals surface area (Å²) in [5, 5.41) is -0.226. The van der Waals surface area contributed by atoms with Crippen molar-refractivity contribution < 1.29 is 38.1 Å². The Balaban J connectivity index is 0.000000215. The minimum absolute atomic E-state index is 0.00927. The topological polar surface area (TPSA) is 97.4 Å². The summed E-state index contributed by atoms with van der Waals surface area (Å²) < 4.78 is 28.0. The molecule has 2 fully saturated rings. The zero-order valence-corrected chi connectivity index (χ0v) is 26.9. The van der Waals surface area contributed by atoms with Crippen LogP contribution in [0, 0.1) is 23.7 Å². The monoisotopic (exact) mass is 666 g/mol. The van der Waals surface area contributed by atoms with Crippen molar-refractivity contribution in [3.8, 4) is 0 Å². The Bertz CT molecular complexity index is 1350. The van der Waals surface area contributed by atoms with E-state index in [0.717, 1.165) is 0 Å². The molecule has 8 atom stereocenters. The Morgan fingerprint density at radius 2 is 0.932 bits per heavy atom. The molecule has 0 bridgehead atoms. The van der Waals surface area contributed by atoms with Crippen LogP contribution in [0.1, 0.15) is 58.8 Å². The third kappa shape index (κ3) is 8.77. The van der Waals surface area contributed by atoms with Gasteiger partial charge in [0.25, 0.3) is 0 Å². The number of carbonyl (C=O) groups excluding carboxylic acids is 3. The van der Waals surface area contributed by atoms with Crippen molar-refractivity contribution in [2.75, 3.05) is 13.2 Å². The van der Waals surface area contributed by atoms with Gasteiger partial charge in [0.05, 0.1) is 29.9 Å². The van der Waals surface area contributed by atoms with Gasteiger partial charge < -0.3 is 23.7 Å². The number of hydrogen-bond donors (Lipinski definition) is 0. The molecule has 0 radical (unpaired) electrons. The fraction of sp³-hybridized carbons (Fsp3) is 0.400. The van der Waals surface area contributed by atoms with Crippen LogP contribution in [-0.4, -0.2) is 54.6 Å². The summed E-state index contributed by atoms with van der Waals surface area (Å²) in [5.74, 6) is -0.433. The molecule has 8 nitrogen and oxygen atoms in total. The van der Waals surface area contributed by atoms with E-state index in [1.807, 2.05) is 44.2 Å². The quantitative estimate of drug-likeness (QED) is 0.159. The first-order chi connectivity index (χ1) is 21.2. The van der Waals surface area contributed by atoms with Crippen molar-refractivity contribution in [1.29, 1.82) is 0 Å². The van der Waals surface area contributed by atoms with Crippen LogP contribution in [0.3, 0.4) is 0 Å². The molecule has 3 aromatic carbocycles. The van der Waals surface area contributed by atoms with Crippen LogP contribution in [0.2, 0.25) is 0 Å². The maximum Gasteiger partial charge on any atom is 0.340 e. The molecule has 0 aromatic heterocycles. The fourth-order valence-electron chi connectivity index (χ4n) is 4.82. The highest BCUT2D eigenvalue weighted by Crippen LogP contribution is 2.32. The van der Waals surface area contributed by atoms with Gasteiger partial charge >= 0.3 is 17.9 Å². The zero-order chi connectivity index (χ0) is 31.6. The van der Waals surface area contributed by atoms with Gasteiger partial charge in [-0.15, -0.1) is 0 Å². The first-order valence-electron chi connectivity index (χ1n) is 14.8. The van der Waals surface area contributed by atoms with Crippen molar-refractivity contribution in [3.05, 3.63) is 108 Å². The lowest BCUT2D eigenvalue weighted by Gasteiger charge is -2.38. The zero-order valence-electron chi connectivity index (χ0n) is 25.3. The number of carbonyl (C=O) groups is 3. The largest absolute Gasteiger partial charge is 0.455 e. The number of rotatable bonds is 6. The smallest absolute Gasteiger partial charge is 0.340 e. The number of halogens is 1. The van der Waals surface area contributed by atoms with Crippen LogP contribution in [0.4, 0.5) is 0 Å². The highest BCUT2D eigenvalue weighted by molar-refractivity contribution is 9.09. The van der Waals surface area contributed by atoms with E-state index in [2.05, 4.69) is 29.8 Å². The predicted molar refractivity (Wildman–Crippen MR) is 168 cm³/mol. The molecular weight excluding hydrogens is 628 g/mol. The molecule has 2 saturated heterocycles. The molecule has 0 N–H and O–H groups in total. The fourth-order valence-corrected chi connectivity index (χ4v) is 5.56. The highest BCUT2D eigenvalue weighted by Gasteiger charge is 2.41. The Morgan fingerprint density at radius 1 is 0.568 bits per heavy atom. The molecule has 0 spiro atoms. The van der Waals surface area contributed by atoms with E-state index >= 15 is 0 Å². The van der Waals surface area contributed by atoms with E-state index < -0.39 is 24.3 Å². The van der Waals surface area contributed by atoms with Gasteiger partial charge in [-0.1, -0.05) is 98.2 Å². The van der Waals surface area contributed by atoms with E-state index in [1.165, 1.54) is 0 Å². The molecule has 3 aromatic rings. The number of alkyl halides is 1. The van der Waals surface area contributed by atoms with E-state index in [0.29, 0.717) is 35.8 Å². The first-order valence-corrected chi connectivity index (χ1v) is 15.7. The summed E-state index contributed by atoms with van der Waals surface area (Å²) in [4.78, 5) is 36.8. The molecule has 0 amide bonds. The minimum atomic E-state index is -0.929. The van der Waals surface area contributed by atoms with Gasteiger partial charge in [0.15, 0.2) is 6.10 Å². The number of hydrogen-bond acceptors (Lipinski definition) is 8. The predicted octanol–water partition coefficient (Wildman–Crippen LogP) is 6.93. The van der Waals surface area contributed by atoms with E-state index in [1.54, 1.807) is 60.7 Å². The highest BCUT2D eigenvalue weighted by atomic mass is 79.9. The van der Waals surface area contributed by atoms with Gasteiger partial charge in [-0.2, -0.15) is 0 Å². The van der Waals surface area contributed by atoms with Crippen molar-refractivity contribution in [1.82, 2.24) is 0 Å². The molecule has 5 rings (SSSR count). The average molecular weight is 668 g/mol. The van der Waals surface area contributed by atoms with Crippen molar-refractivity contribution >= 4 is 33.8 Å². The number of esters is 3. The second kappa shape index (κ2) is 16.0. The summed E-state index contributed by atoms with van der Waals surface area (Å²) in [6, 6.07) is 26.5. The van der Waals surface area contributed by atoms with Gasteiger partial charge in [0, 0.05) is 11.8 Å². The lowest BCUT2D eigenvalue weighted by molar-refractivity contribution is -0.218. The molecule has 0 saturated carbocycles. The molecular formula is C35H39BrO8. The second-order valence-corrected chi connectivity index (χ2v) is 12.2. The third-order valence-electron chi connectivity index (χ3n) is 8.14. The minimum Gasteiger partial charge on any atom is -0.455 e. The van der Waals surface area contributed by atoms with Crippen LogP contribution in [0.5, 0.6) is 0 Å². The Labute approximate surface area is 267 Å². The summed E-state index contributed by atoms with van der Waals surface area (Å²) in [6.07, 6.45) is -1.85. The lowest BCUT2D eigenvalue weighted by atomic mass is 9.88. The maximum atomic E-state index is 12.4. The number of ether oxygens (including phenoxy) is 5. The van der Waals surface area contributed by atoms with Crippen molar-refractivity contribution in [2.24, 2.45) is 23.7 Å². The molecule has 2 aliphatic rings.